The van der Waals surface area contributed by atoms with Crippen molar-refractivity contribution in [2.45, 2.75) is 26.2 Å². The summed E-state index contributed by atoms with van der Waals surface area (Å²) in [6, 6.07) is 12.9. The van der Waals surface area contributed by atoms with E-state index in [0.29, 0.717) is 36.1 Å². The Morgan fingerprint density at radius 1 is 1.06 bits per heavy atom. The molecule has 3 aromatic rings. The highest BCUT2D eigenvalue weighted by atomic mass is 32.1. The van der Waals surface area contributed by atoms with Crippen molar-refractivity contribution < 1.29 is 19.1 Å². The van der Waals surface area contributed by atoms with Crippen molar-refractivity contribution in [1.29, 1.82) is 0 Å². The van der Waals surface area contributed by atoms with E-state index in [4.69, 9.17) is 9.72 Å². The number of hydrogen-bond acceptors (Lipinski definition) is 7. The van der Waals surface area contributed by atoms with Gasteiger partial charge in [0.25, 0.3) is 5.91 Å². The maximum atomic E-state index is 13.7. The van der Waals surface area contributed by atoms with Crippen LogP contribution < -0.4 is 9.80 Å². The van der Waals surface area contributed by atoms with Gasteiger partial charge in [-0.2, -0.15) is 0 Å². The molecular formula is C26H28N4O4S. The number of rotatable bonds is 7. The molecule has 9 heteroatoms. The molecule has 2 aliphatic rings. The van der Waals surface area contributed by atoms with Crippen LogP contribution in [0, 0.1) is 0 Å². The molecule has 2 aliphatic heterocycles. The average Bonchev–Trinajstić information content (AvgIpc) is 3.47. The minimum atomic E-state index is -0.206. The van der Waals surface area contributed by atoms with Crippen LogP contribution in [0.3, 0.4) is 0 Å². The smallest absolute Gasteiger partial charge is 0.260 e. The maximum absolute atomic E-state index is 13.7. The number of hydrogen-bond donors (Lipinski definition) is 0. The fourth-order valence-corrected chi connectivity index (χ4v) is 5.56. The van der Waals surface area contributed by atoms with Crippen LogP contribution in [0.2, 0.25) is 0 Å². The van der Waals surface area contributed by atoms with E-state index in [1.807, 2.05) is 12.1 Å². The van der Waals surface area contributed by atoms with Gasteiger partial charge in [-0.15, -0.1) is 0 Å². The molecule has 0 atom stereocenters. The Kier molecular flexibility index (Phi) is 6.90. The summed E-state index contributed by atoms with van der Waals surface area (Å²) in [5, 5.41) is 0.674. The lowest BCUT2D eigenvalue weighted by atomic mass is 10.1. The second kappa shape index (κ2) is 10.2. The van der Waals surface area contributed by atoms with Crippen molar-refractivity contribution in [1.82, 2.24) is 9.88 Å². The molecule has 1 aromatic heterocycles. The van der Waals surface area contributed by atoms with Gasteiger partial charge in [0.05, 0.1) is 29.1 Å². The molecule has 0 N–H and O–H groups in total. The van der Waals surface area contributed by atoms with Crippen molar-refractivity contribution in [2.24, 2.45) is 0 Å². The second-order valence-electron chi connectivity index (χ2n) is 8.69. The Morgan fingerprint density at radius 3 is 2.46 bits per heavy atom. The van der Waals surface area contributed by atoms with Crippen molar-refractivity contribution in [3.63, 3.8) is 0 Å². The number of anilines is 2. The van der Waals surface area contributed by atoms with Gasteiger partial charge in [0.1, 0.15) is 0 Å². The van der Waals surface area contributed by atoms with Crippen molar-refractivity contribution in [2.75, 3.05) is 49.2 Å². The normalized spacial score (nSPS) is 16.9. The van der Waals surface area contributed by atoms with Gasteiger partial charge in [-0.1, -0.05) is 30.4 Å². The molecule has 35 heavy (non-hydrogen) atoms. The van der Waals surface area contributed by atoms with Crippen molar-refractivity contribution >= 4 is 50.1 Å². The monoisotopic (exact) mass is 492 g/mol. The van der Waals surface area contributed by atoms with Gasteiger partial charge in [0.15, 0.2) is 5.13 Å². The number of carbonyl (C=O) groups excluding carboxylic acids is 3. The molecule has 8 nitrogen and oxygen atoms in total. The van der Waals surface area contributed by atoms with Gasteiger partial charge >= 0.3 is 0 Å². The summed E-state index contributed by atoms with van der Waals surface area (Å²) in [4.78, 5) is 48.0. The van der Waals surface area contributed by atoms with E-state index in [1.54, 1.807) is 29.2 Å². The number of imide groups is 1. The Morgan fingerprint density at radius 2 is 1.77 bits per heavy atom. The summed E-state index contributed by atoms with van der Waals surface area (Å²) in [5.41, 5.74) is 3.10. The van der Waals surface area contributed by atoms with Crippen LogP contribution in [0.4, 0.5) is 10.8 Å². The number of thiazole rings is 1. The van der Waals surface area contributed by atoms with Gasteiger partial charge in [-0.25, -0.2) is 4.98 Å². The first-order valence-corrected chi connectivity index (χ1v) is 12.8. The van der Waals surface area contributed by atoms with Crippen LogP contribution in [-0.4, -0.2) is 67.0 Å². The minimum Gasteiger partial charge on any atom is -0.379 e. The summed E-state index contributed by atoms with van der Waals surface area (Å²) in [5.74, 6) is -0.564. The minimum absolute atomic E-state index is 0.152. The Labute approximate surface area is 208 Å². The molecule has 2 saturated heterocycles. The number of aromatic nitrogens is 1. The maximum Gasteiger partial charge on any atom is 0.260 e. The number of fused-ring (bicyclic) bond motifs is 1. The molecule has 3 heterocycles. The number of nitrogens with zero attached hydrogens (tertiary/aromatic N) is 4. The third-order valence-electron chi connectivity index (χ3n) is 6.52. The van der Waals surface area contributed by atoms with Gasteiger partial charge in [-0.05, 0) is 42.3 Å². The molecule has 0 saturated carbocycles. The molecule has 2 aromatic carbocycles. The predicted octanol–water partition coefficient (Wildman–Crippen LogP) is 3.49. The first-order valence-electron chi connectivity index (χ1n) is 12.0. The summed E-state index contributed by atoms with van der Waals surface area (Å²) in [6.45, 7) is 6.41. The first-order chi connectivity index (χ1) is 17.0. The fraction of sp³-hybridized carbons (Fsp3) is 0.385. The SMILES string of the molecule is CCc1cccc2sc(N(CCN3CCOCC3)C(=O)c3ccc(N4C(=O)CCC4=O)cc3)nc12. The molecule has 0 unspecified atom stereocenters. The number of para-hydroxylation sites is 1. The zero-order chi connectivity index (χ0) is 24.4. The van der Waals surface area contributed by atoms with Crippen LogP contribution in [-0.2, 0) is 20.7 Å². The fourth-order valence-electron chi connectivity index (χ4n) is 4.52. The third-order valence-corrected chi connectivity index (χ3v) is 7.56. The zero-order valence-electron chi connectivity index (χ0n) is 19.7. The van der Waals surface area contributed by atoms with E-state index in [0.717, 1.165) is 41.8 Å². The second-order valence-corrected chi connectivity index (χ2v) is 9.70. The van der Waals surface area contributed by atoms with Crippen LogP contribution in [0.5, 0.6) is 0 Å². The zero-order valence-corrected chi connectivity index (χ0v) is 20.6. The first kappa shape index (κ1) is 23.6. The van der Waals surface area contributed by atoms with Gasteiger partial charge < -0.3 is 4.74 Å². The Hall–Kier alpha value is -3.14. The third kappa shape index (κ3) is 4.84. The summed E-state index contributed by atoms with van der Waals surface area (Å²) in [6.07, 6.45) is 1.33. The van der Waals surface area contributed by atoms with Crippen LogP contribution in [0.15, 0.2) is 42.5 Å². The van der Waals surface area contributed by atoms with Crippen molar-refractivity contribution in [3.8, 4) is 0 Å². The molecule has 5 rings (SSSR count). The van der Waals surface area contributed by atoms with E-state index in [1.165, 1.54) is 16.2 Å². The Bertz CT molecular complexity index is 1230. The number of benzene rings is 2. The number of ether oxygens (including phenoxy) is 1. The molecule has 0 bridgehead atoms. The van der Waals surface area contributed by atoms with Crippen molar-refractivity contribution in [3.05, 3.63) is 53.6 Å². The Balaban J connectivity index is 1.43. The predicted molar refractivity (Wildman–Crippen MR) is 136 cm³/mol. The highest BCUT2D eigenvalue weighted by Gasteiger charge is 2.30. The molecule has 0 radical (unpaired) electrons. The average molecular weight is 493 g/mol. The molecule has 0 aliphatic carbocycles. The standard InChI is InChI=1S/C26H28N4O4S/c1-2-18-4-3-5-21-24(18)27-26(35-21)29(13-12-28-14-16-34-17-15-28)25(33)19-6-8-20(9-7-19)30-22(31)10-11-23(30)32/h3-9H,2,10-17H2,1H3. The number of amides is 3. The number of carbonyl (C=O) groups is 3. The molecule has 0 spiro atoms. The van der Waals surface area contributed by atoms with E-state index in [-0.39, 0.29) is 30.6 Å². The lowest BCUT2D eigenvalue weighted by molar-refractivity contribution is -0.121. The summed E-state index contributed by atoms with van der Waals surface area (Å²) >= 11 is 1.52. The largest absolute Gasteiger partial charge is 0.379 e. The topological polar surface area (TPSA) is 83.0 Å². The summed E-state index contributed by atoms with van der Waals surface area (Å²) < 4.78 is 6.52. The van der Waals surface area contributed by atoms with Crippen LogP contribution in [0.25, 0.3) is 10.2 Å². The quantitative estimate of drug-likeness (QED) is 0.470. The highest BCUT2D eigenvalue weighted by molar-refractivity contribution is 7.22. The van der Waals surface area contributed by atoms with E-state index >= 15 is 0 Å². The van der Waals surface area contributed by atoms with E-state index < -0.39 is 0 Å². The van der Waals surface area contributed by atoms with Gasteiger partial charge in [-0.3, -0.25) is 29.1 Å². The van der Waals surface area contributed by atoms with Gasteiger partial charge in [0.2, 0.25) is 11.8 Å². The summed E-state index contributed by atoms with van der Waals surface area (Å²) in [7, 11) is 0. The van der Waals surface area contributed by atoms with Crippen LogP contribution >= 0.6 is 11.3 Å². The lowest BCUT2D eigenvalue weighted by Gasteiger charge is -2.29. The molecule has 2 fully saturated rings. The van der Waals surface area contributed by atoms with E-state index in [2.05, 4.69) is 17.9 Å². The van der Waals surface area contributed by atoms with E-state index in [9.17, 15) is 14.4 Å². The molecule has 182 valence electrons. The lowest BCUT2D eigenvalue weighted by Crippen LogP contribution is -2.43. The molecular weight excluding hydrogens is 464 g/mol. The molecule has 3 amide bonds. The number of aryl methyl sites for hydroxylation is 1. The number of morpholine rings is 1. The van der Waals surface area contributed by atoms with Gasteiger partial charge in [0, 0.05) is 44.6 Å². The van der Waals surface area contributed by atoms with Crippen LogP contribution in [0.1, 0.15) is 35.7 Å². The highest BCUT2D eigenvalue weighted by Crippen LogP contribution is 2.32.